The summed E-state index contributed by atoms with van der Waals surface area (Å²) in [5.74, 6) is 1.85. The zero-order chi connectivity index (χ0) is 18.3. The Morgan fingerprint density at radius 1 is 0.800 bits per heavy atom. The van der Waals surface area contributed by atoms with Crippen molar-refractivity contribution in [2.45, 2.75) is 123 Å². The minimum absolute atomic E-state index is 0.594. The van der Waals surface area contributed by atoms with Crippen LogP contribution in [0.25, 0.3) is 0 Å². The van der Waals surface area contributed by atoms with Gasteiger partial charge in [0.2, 0.25) is 0 Å². The van der Waals surface area contributed by atoms with E-state index in [2.05, 4.69) is 43.6 Å². The molecule has 146 valence electrons. The molecule has 1 aromatic rings. The third-order valence-corrected chi connectivity index (χ3v) is 5.46. The maximum atomic E-state index is 4.66. The van der Waals surface area contributed by atoms with Crippen LogP contribution >= 0.6 is 0 Å². The van der Waals surface area contributed by atoms with Gasteiger partial charge in [-0.15, -0.1) is 0 Å². The minimum Gasteiger partial charge on any atom is -0.338 e. The zero-order valence-corrected chi connectivity index (χ0v) is 17.7. The van der Waals surface area contributed by atoms with Crippen LogP contribution in [-0.2, 0) is 7.05 Å². The molecule has 1 unspecified atom stereocenters. The highest BCUT2D eigenvalue weighted by Gasteiger charge is 2.11. The number of aromatic nitrogens is 2. The molecule has 0 spiro atoms. The average molecular weight is 349 g/mol. The standard InChI is InChI=1S/C23H44N2/c1-5-6-7-8-9-10-11-12-13-14-15-16-17-18-19-21(2)23-24-22(3)20-25(23)4/h20-21H,5-19H2,1-4H3. The molecule has 2 nitrogen and oxygen atoms in total. The number of aryl methyl sites for hydroxylation is 2. The van der Waals surface area contributed by atoms with Gasteiger partial charge in [-0.1, -0.05) is 104 Å². The molecule has 0 radical (unpaired) electrons. The number of nitrogens with zero attached hydrogens (tertiary/aromatic N) is 2. The van der Waals surface area contributed by atoms with Crippen molar-refractivity contribution in [3.05, 3.63) is 17.7 Å². The van der Waals surface area contributed by atoms with Gasteiger partial charge in [-0.2, -0.15) is 0 Å². The number of rotatable bonds is 16. The van der Waals surface area contributed by atoms with Crippen molar-refractivity contribution in [2.24, 2.45) is 7.05 Å². The Bertz CT molecular complexity index is 422. The van der Waals surface area contributed by atoms with Crippen molar-refractivity contribution in [3.8, 4) is 0 Å². The molecule has 1 rings (SSSR count). The summed E-state index contributed by atoms with van der Waals surface area (Å²) in [7, 11) is 2.12. The summed E-state index contributed by atoms with van der Waals surface area (Å²) in [5, 5.41) is 0. The van der Waals surface area contributed by atoms with Crippen LogP contribution in [0.3, 0.4) is 0 Å². The molecule has 2 heteroatoms. The topological polar surface area (TPSA) is 17.8 Å². The Balaban J connectivity index is 1.85. The molecule has 25 heavy (non-hydrogen) atoms. The van der Waals surface area contributed by atoms with E-state index in [-0.39, 0.29) is 0 Å². The predicted octanol–water partition coefficient (Wildman–Crippen LogP) is 7.70. The van der Waals surface area contributed by atoms with Crippen LogP contribution in [0.4, 0.5) is 0 Å². The first kappa shape index (κ1) is 22.3. The Morgan fingerprint density at radius 2 is 1.24 bits per heavy atom. The summed E-state index contributed by atoms with van der Waals surface area (Å²) in [5.41, 5.74) is 1.14. The lowest BCUT2D eigenvalue weighted by Gasteiger charge is -2.11. The van der Waals surface area contributed by atoms with Gasteiger partial charge < -0.3 is 4.57 Å². The van der Waals surface area contributed by atoms with Crippen molar-refractivity contribution in [1.29, 1.82) is 0 Å². The molecular formula is C23H44N2. The van der Waals surface area contributed by atoms with Crippen molar-refractivity contribution in [3.63, 3.8) is 0 Å². The second kappa shape index (κ2) is 14.4. The molecule has 0 saturated heterocycles. The van der Waals surface area contributed by atoms with Gasteiger partial charge >= 0.3 is 0 Å². The van der Waals surface area contributed by atoms with Crippen LogP contribution in [0.5, 0.6) is 0 Å². The van der Waals surface area contributed by atoms with Crippen LogP contribution in [0.15, 0.2) is 6.20 Å². The summed E-state index contributed by atoms with van der Waals surface area (Å²) in [4.78, 5) is 4.66. The fraction of sp³-hybridized carbons (Fsp3) is 0.870. The van der Waals surface area contributed by atoms with E-state index in [0.717, 1.165) is 5.69 Å². The molecule has 0 aliphatic heterocycles. The molecule has 0 aromatic carbocycles. The molecule has 0 fully saturated rings. The lowest BCUT2D eigenvalue weighted by atomic mass is 10.0. The number of unbranched alkanes of at least 4 members (excludes halogenated alkanes) is 13. The minimum atomic E-state index is 0.594. The van der Waals surface area contributed by atoms with Crippen molar-refractivity contribution >= 4 is 0 Å². The van der Waals surface area contributed by atoms with Gasteiger partial charge in [0.1, 0.15) is 5.82 Å². The summed E-state index contributed by atoms with van der Waals surface area (Å²) < 4.78 is 2.20. The van der Waals surface area contributed by atoms with Gasteiger partial charge in [0.05, 0.1) is 5.69 Å². The third kappa shape index (κ3) is 10.7. The molecule has 0 amide bonds. The Morgan fingerprint density at radius 3 is 1.64 bits per heavy atom. The van der Waals surface area contributed by atoms with Crippen LogP contribution in [0.2, 0.25) is 0 Å². The van der Waals surface area contributed by atoms with Gasteiger partial charge in [0.15, 0.2) is 0 Å². The Hall–Kier alpha value is -0.790. The van der Waals surface area contributed by atoms with E-state index in [1.807, 2.05) is 0 Å². The summed E-state index contributed by atoms with van der Waals surface area (Å²) in [6.07, 6.45) is 23.5. The first-order chi connectivity index (χ1) is 12.1. The summed E-state index contributed by atoms with van der Waals surface area (Å²) in [6.45, 7) is 6.70. The van der Waals surface area contributed by atoms with E-state index < -0.39 is 0 Å². The lowest BCUT2D eigenvalue weighted by Crippen LogP contribution is -2.02. The third-order valence-electron chi connectivity index (χ3n) is 5.46. The molecule has 0 aliphatic rings. The highest BCUT2D eigenvalue weighted by molar-refractivity contribution is 5.05. The normalized spacial score (nSPS) is 12.6. The first-order valence-corrected chi connectivity index (χ1v) is 11.1. The van der Waals surface area contributed by atoms with Gasteiger partial charge in [-0.3, -0.25) is 0 Å². The molecule has 1 aromatic heterocycles. The van der Waals surface area contributed by atoms with Gasteiger partial charge in [0.25, 0.3) is 0 Å². The first-order valence-electron chi connectivity index (χ1n) is 11.1. The second-order valence-corrected chi connectivity index (χ2v) is 8.14. The predicted molar refractivity (Wildman–Crippen MR) is 111 cm³/mol. The quantitative estimate of drug-likeness (QED) is 0.280. The van der Waals surface area contributed by atoms with E-state index in [0.29, 0.717) is 5.92 Å². The molecule has 1 heterocycles. The SMILES string of the molecule is CCCCCCCCCCCCCCCCC(C)c1nc(C)cn1C. The van der Waals surface area contributed by atoms with Crippen LogP contribution in [0, 0.1) is 6.92 Å². The summed E-state index contributed by atoms with van der Waals surface area (Å²) >= 11 is 0. The maximum Gasteiger partial charge on any atom is 0.111 e. The fourth-order valence-electron chi connectivity index (χ4n) is 3.87. The Labute approximate surface area is 157 Å². The van der Waals surface area contributed by atoms with E-state index in [4.69, 9.17) is 0 Å². The van der Waals surface area contributed by atoms with Crippen LogP contribution in [0.1, 0.15) is 128 Å². The van der Waals surface area contributed by atoms with Crippen LogP contribution in [-0.4, -0.2) is 9.55 Å². The smallest absolute Gasteiger partial charge is 0.111 e. The number of hydrogen-bond donors (Lipinski definition) is 0. The van der Waals surface area contributed by atoms with Gasteiger partial charge in [0, 0.05) is 19.2 Å². The fourth-order valence-corrected chi connectivity index (χ4v) is 3.87. The average Bonchev–Trinajstić information content (AvgIpc) is 2.93. The molecule has 0 N–H and O–H groups in total. The highest BCUT2D eigenvalue weighted by atomic mass is 15.0. The van der Waals surface area contributed by atoms with Crippen LogP contribution < -0.4 is 0 Å². The van der Waals surface area contributed by atoms with E-state index in [1.165, 1.54) is 102 Å². The largest absolute Gasteiger partial charge is 0.338 e. The second-order valence-electron chi connectivity index (χ2n) is 8.14. The lowest BCUT2D eigenvalue weighted by molar-refractivity contribution is 0.516. The number of hydrogen-bond acceptors (Lipinski definition) is 1. The monoisotopic (exact) mass is 348 g/mol. The molecule has 0 saturated carbocycles. The van der Waals surface area contributed by atoms with E-state index in [9.17, 15) is 0 Å². The number of imidazole rings is 1. The maximum absolute atomic E-state index is 4.66. The van der Waals surface area contributed by atoms with E-state index >= 15 is 0 Å². The van der Waals surface area contributed by atoms with Crippen molar-refractivity contribution in [2.75, 3.05) is 0 Å². The van der Waals surface area contributed by atoms with Gasteiger partial charge in [-0.05, 0) is 13.3 Å². The molecule has 1 atom stereocenters. The molecular weight excluding hydrogens is 304 g/mol. The highest BCUT2D eigenvalue weighted by Crippen LogP contribution is 2.21. The molecule has 0 bridgehead atoms. The molecule has 0 aliphatic carbocycles. The van der Waals surface area contributed by atoms with Gasteiger partial charge in [-0.25, -0.2) is 4.98 Å². The van der Waals surface area contributed by atoms with E-state index in [1.54, 1.807) is 0 Å². The zero-order valence-electron chi connectivity index (χ0n) is 17.7. The summed E-state index contributed by atoms with van der Waals surface area (Å²) in [6, 6.07) is 0. The van der Waals surface area contributed by atoms with Crippen molar-refractivity contribution in [1.82, 2.24) is 9.55 Å². The van der Waals surface area contributed by atoms with Crippen molar-refractivity contribution < 1.29 is 0 Å². The Kier molecular flexibility index (Phi) is 12.8.